The molecule has 150 valence electrons. The fourth-order valence-corrected chi connectivity index (χ4v) is 4.44. The number of ether oxygens (including phenoxy) is 1. The van der Waals surface area contributed by atoms with E-state index in [4.69, 9.17) is 9.15 Å². The highest BCUT2D eigenvalue weighted by atomic mass is 32.1. The molecule has 0 unspecified atom stereocenters. The second kappa shape index (κ2) is 7.07. The highest BCUT2D eigenvalue weighted by molar-refractivity contribution is 7.15. The van der Waals surface area contributed by atoms with Gasteiger partial charge in [-0.15, -0.1) is 10.2 Å². The number of para-hydroxylation sites is 1. The van der Waals surface area contributed by atoms with Crippen molar-refractivity contribution < 1.29 is 13.9 Å². The molecule has 5 rings (SSSR count). The van der Waals surface area contributed by atoms with Crippen LogP contribution in [0, 0.1) is 6.92 Å². The normalized spacial score (nSPS) is 15.6. The van der Waals surface area contributed by atoms with E-state index < -0.39 is 11.9 Å². The van der Waals surface area contributed by atoms with E-state index >= 15 is 0 Å². The molecule has 1 atom stereocenters. The summed E-state index contributed by atoms with van der Waals surface area (Å²) >= 11 is 1.29. The van der Waals surface area contributed by atoms with Gasteiger partial charge in [-0.05, 0) is 43.7 Å². The molecule has 0 spiro atoms. The Morgan fingerprint density at radius 3 is 2.57 bits per heavy atom. The fourth-order valence-electron chi connectivity index (χ4n) is 3.73. The number of aromatic nitrogens is 2. The Bertz CT molecular complexity index is 1330. The molecule has 7 nitrogen and oxygen atoms in total. The standard InChI is InChI=1S/C22H17N3O4S/c1-3-28-14-10-8-13(9-11-14)18-17-19(26)15-6-4-5-7-16(15)29-20(17)21(27)25(18)22-24-23-12(2)30-22/h4-11,18H,3H2,1-2H3/t18-/m1/s1. The van der Waals surface area contributed by atoms with Crippen molar-refractivity contribution in [2.75, 3.05) is 11.5 Å². The molecule has 1 amide bonds. The van der Waals surface area contributed by atoms with E-state index in [0.29, 0.717) is 28.3 Å². The maximum Gasteiger partial charge on any atom is 0.297 e. The van der Waals surface area contributed by atoms with Gasteiger partial charge in [-0.2, -0.15) is 0 Å². The Kier molecular flexibility index (Phi) is 4.36. The summed E-state index contributed by atoms with van der Waals surface area (Å²) in [7, 11) is 0. The number of fused-ring (bicyclic) bond motifs is 2. The Morgan fingerprint density at radius 2 is 1.87 bits per heavy atom. The molecule has 0 aliphatic carbocycles. The quantitative estimate of drug-likeness (QED) is 0.495. The Labute approximate surface area is 175 Å². The number of carbonyl (C=O) groups is 1. The van der Waals surface area contributed by atoms with Crippen LogP contribution in [-0.2, 0) is 0 Å². The van der Waals surface area contributed by atoms with E-state index in [1.54, 1.807) is 24.3 Å². The molecule has 8 heteroatoms. The highest BCUT2D eigenvalue weighted by Gasteiger charge is 2.45. The van der Waals surface area contributed by atoms with E-state index in [9.17, 15) is 9.59 Å². The number of aryl methyl sites for hydroxylation is 1. The molecule has 0 fully saturated rings. The average molecular weight is 419 g/mol. The lowest BCUT2D eigenvalue weighted by Gasteiger charge is -2.22. The van der Waals surface area contributed by atoms with E-state index in [2.05, 4.69) is 10.2 Å². The molecule has 3 heterocycles. The number of hydrogen-bond acceptors (Lipinski definition) is 7. The van der Waals surface area contributed by atoms with E-state index in [1.165, 1.54) is 16.2 Å². The largest absolute Gasteiger partial charge is 0.494 e. The third-order valence-corrected chi connectivity index (χ3v) is 5.84. The lowest BCUT2D eigenvalue weighted by Crippen LogP contribution is -2.29. The van der Waals surface area contributed by atoms with Crippen LogP contribution < -0.4 is 15.1 Å². The molecule has 30 heavy (non-hydrogen) atoms. The van der Waals surface area contributed by atoms with Crippen LogP contribution in [0.1, 0.15) is 39.7 Å². The van der Waals surface area contributed by atoms with Crippen molar-refractivity contribution in [3.63, 3.8) is 0 Å². The van der Waals surface area contributed by atoms with Gasteiger partial charge in [0, 0.05) is 0 Å². The molecule has 0 saturated heterocycles. The Balaban J connectivity index is 1.75. The predicted molar refractivity (Wildman–Crippen MR) is 113 cm³/mol. The summed E-state index contributed by atoms with van der Waals surface area (Å²) in [6.07, 6.45) is 0. The van der Waals surface area contributed by atoms with E-state index in [1.807, 2.05) is 38.1 Å². The van der Waals surface area contributed by atoms with Gasteiger partial charge >= 0.3 is 0 Å². The molecule has 0 saturated carbocycles. The maximum atomic E-state index is 13.4. The zero-order chi connectivity index (χ0) is 20.8. The summed E-state index contributed by atoms with van der Waals surface area (Å²) in [5, 5.41) is 9.79. The predicted octanol–water partition coefficient (Wildman–Crippen LogP) is 4.10. The second-order valence-corrected chi connectivity index (χ2v) is 8.01. The van der Waals surface area contributed by atoms with Gasteiger partial charge in [-0.3, -0.25) is 14.5 Å². The minimum Gasteiger partial charge on any atom is -0.494 e. The van der Waals surface area contributed by atoms with Gasteiger partial charge in [-0.1, -0.05) is 35.6 Å². The summed E-state index contributed by atoms with van der Waals surface area (Å²) < 4.78 is 11.4. The molecule has 0 radical (unpaired) electrons. The lowest BCUT2D eigenvalue weighted by atomic mass is 9.98. The van der Waals surface area contributed by atoms with Crippen LogP contribution in [0.5, 0.6) is 5.75 Å². The van der Waals surface area contributed by atoms with Gasteiger partial charge in [0.05, 0.1) is 23.6 Å². The van der Waals surface area contributed by atoms with Crippen LogP contribution in [0.25, 0.3) is 11.0 Å². The van der Waals surface area contributed by atoms with Gasteiger partial charge < -0.3 is 9.15 Å². The summed E-state index contributed by atoms with van der Waals surface area (Å²) in [4.78, 5) is 28.3. The molecule has 2 aromatic heterocycles. The Hall–Kier alpha value is -3.52. The maximum absolute atomic E-state index is 13.4. The molecular weight excluding hydrogens is 402 g/mol. The summed E-state index contributed by atoms with van der Waals surface area (Å²) in [5.41, 5.74) is 1.25. The van der Waals surface area contributed by atoms with E-state index in [-0.39, 0.29) is 11.2 Å². The number of hydrogen-bond donors (Lipinski definition) is 0. The molecule has 4 aromatic rings. The number of benzene rings is 2. The first-order chi connectivity index (χ1) is 14.6. The number of anilines is 1. The zero-order valence-corrected chi connectivity index (χ0v) is 17.1. The summed E-state index contributed by atoms with van der Waals surface area (Å²) in [6.45, 7) is 4.28. The van der Waals surface area contributed by atoms with Crippen molar-refractivity contribution in [3.8, 4) is 5.75 Å². The minimum absolute atomic E-state index is 0.0467. The van der Waals surface area contributed by atoms with Crippen molar-refractivity contribution in [2.24, 2.45) is 0 Å². The third kappa shape index (κ3) is 2.80. The number of amides is 1. The van der Waals surface area contributed by atoms with Crippen molar-refractivity contribution in [2.45, 2.75) is 19.9 Å². The van der Waals surface area contributed by atoms with Crippen LogP contribution >= 0.6 is 11.3 Å². The van der Waals surface area contributed by atoms with Crippen LogP contribution in [0.2, 0.25) is 0 Å². The van der Waals surface area contributed by atoms with Gasteiger partial charge in [0.2, 0.25) is 10.9 Å². The lowest BCUT2D eigenvalue weighted by molar-refractivity contribution is 0.0970. The Morgan fingerprint density at radius 1 is 1.10 bits per heavy atom. The van der Waals surface area contributed by atoms with Crippen molar-refractivity contribution in [1.82, 2.24) is 10.2 Å². The van der Waals surface area contributed by atoms with Crippen molar-refractivity contribution in [3.05, 3.63) is 80.6 Å². The second-order valence-electron chi connectivity index (χ2n) is 6.85. The smallest absolute Gasteiger partial charge is 0.297 e. The van der Waals surface area contributed by atoms with Crippen LogP contribution in [-0.4, -0.2) is 22.7 Å². The molecular formula is C22H17N3O4S. The molecule has 0 bridgehead atoms. The number of nitrogens with zero attached hydrogens (tertiary/aromatic N) is 3. The zero-order valence-electron chi connectivity index (χ0n) is 16.3. The summed E-state index contributed by atoms with van der Waals surface area (Å²) in [5.74, 6) is 0.364. The topological polar surface area (TPSA) is 85.5 Å². The number of carbonyl (C=O) groups excluding carboxylic acids is 1. The van der Waals surface area contributed by atoms with Gasteiger partial charge in [0.25, 0.3) is 5.91 Å². The molecule has 1 aliphatic heterocycles. The van der Waals surface area contributed by atoms with Gasteiger partial charge in [0.15, 0.2) is 5.43 Å². The SMILES string of the molecule is CCOc1ccc([C@@H]2c3c(oc4ccccc4c3=O)C(=O)N2c2nnc(C)s2)cc1. The van der Waals surface area contributed by atoms with Gasteiger partial charge in [0.1, 0.15) is 16.3 Å². The summed E-state index contributed by atoms with van der Waals surface area (Å²) in [6, 6.07) is 13.7. The first-order valence-electron chi connectivity index (χ1n) is 9.50. The van der Waals surface area contributed by atoms with Crippen molar-refractivity contribution >= 4 is 33.3 Å². The third-order valence-electron chi connectivity index (χ3n) is 5.01. The van der Waals surface area contributed by atoms with E-state index in [0.717, 1.165) is 16.3 Å². The molecule has 2 aromatic carbocycles. The minimum atomic E-state index is -0.656. The van der Waals surface area contributed by atoms with Crippen LogP contribution in [0.15, 0.2) is 57.7 Å². The van der Waals surface area contributed by atoms with Crippen LogP contribution in [0.4, 0.5) is 5.13 Å². The number of rotatable bonds is 4. The van der Waals surface area contributed by atoms with Crippen LogP contribution in [0.3, 0.4) is 0 Å². The average Bonchev–Trinajstić information content (AvgIpc) is 3.30. The fraction of sp³-hybridized carbons (Fsp3) is 0.182. The monoisotopic (exact) mass is 419 g/mol. The molecule has 0 N–H and O–H groups in total. The van der Waals surface area contributed by atoms with Gasteiger partial charge in [-0.25, -0.2) is 0 Å². The molecule has 1 aliphatic rings. The first-order valence-corrected chi connectivity index (χ1v) is 10.3. The highest BCUT2D eigenvalue weighted by Crippen LogP contribution is 2.42. The van der Waals surface area contributed by atoms with Crippen molar-refractivity contribution in [1.29, 1.82) is 0 Å². The first kappa shape index (κ1) is 18.5.